The van der Waals surface area contributed by atoms with Crippen LogP contribution in [0.1, 0.15) is 42.7 Å². The van der Waals surface area contributed by atoms with E-state index in [2.05, 4.69) is 6.92 Å². The fourth-order valence-corrected chi connectivity index (χ4v) is 1.71. The summed E-state index contributed by atoms with van der Waals surface area (Å²) in [5.41, 5.74) is 7.73. The second kappa shape index (κ2) is 5.58. The summed E-state index contributed by atoms with van der Waals surface area (Å²) in [6, 6.07) is 0. The minimum absolute atomic E-state index is 0.326. The third kappa shape index (κ3) is 2.56. The van der Waals surface area contributed by atoms with E-state index < -0.39 is 0 Å². The van der Waals surface area contributed by atoms with Gasteiger partial charge in [-0.2, -0.15) is 0 Å². The molecular weight excluding hydrogens is 204 g/mol. The third-order valence-corrected chi connectivity index (χ3v) is 2.61. The zero-order valence-electron chi connectivity index (χ0n) is 10.2. The van der Waals surface area contributed by atoms with E-state index in [1.165, 1.54) is 0 Å². The van der Waals surface area contributed by atoms with Gasteiger partial charge in [0.1, 0.15) is 5.56 Å². The number of nitrogens with two attached hydrogens (primary N) is 1. The molecule has 1 rings (SSSR count). The van der Waals surface area contributed by atoms with Crippen molar-refractivity contribution >= 4 is 11.7 Å². The number of aromatic nitrogens is 1. The predicted molar refractivity (Wildman–Crippen MR) is 64.4 cm³/mol. The van der Waals surface area contributed by atoms with Crippen LogP contribution >= 0.6 is 0 Å². The van der Waals surface area contributed by atoms with Gasteiger partial charge in [0, 0.05) is 18.4 Å². The standard InChI is InChI=1S/C12H20N2O2/c1-4-6-7-14-8-10(13)11(9(14)3)12(15)16-5-2/h8H,4-7,13H2,1-3H3. The highest BCUT2D eigenvalue weighted by Crippen LogP contribution is 2.20. The molecule has 0 bridgehead atoms. The van der Waals surface area contributed by atoms with Crippen molar-refractivity contribution in [2.24, 2.45) is 0 Å². The lowest BCUT2D eigenvalue weighted by Crippen LogP contribution is -2.08. The van der Waals surface area contributed by atoms with Gasteiger partial charge < -0.3 is 15.0 Å². The molecule has 1 aromatic heterocycles. The Balaban J connectivity index is 2.92. The van der Waals surface area contributed by atoms with Crippen molar-refractivity contribution in [3.05, 3.63) is 17.5 Å². The maximum Gasteiger partial charge on any atom is 0.342 e. The molecule has 0 spiro atoms. The highest BCUT2D eigenvalue weighted by molar-refractivity contribution is 5.96. The summed E-state index contributed by atoms with van der Waals surface area (Å²) in [5.74, 6) is -0.326. The van der Waals surface area contributed by atoms with Crippen LogP contribution in [0.25, 0.3) is 0 Å². The lowest BCUT2D eigenvalue weighted by molar-refractivity contribution is 0.0526. The van der Waals surface area contributed by atoms with Crippen molar-refractivity contribution < 1.29 is 9.53 Å². The predicted octanol–water partition coefficient (Wildman–Crippen LogP) is 2.36. The number of nitrogens with zero attached hydrogens (tertiary/aromatic N) is 1. The van der Waals surface area contributed by atoms with Gasteiger partial charge in [-0.05, 0) is 20.3 Å². The number of carbonyl (C=O) groups is 1. The number of hydrogen-bond acceptors (Lipinski definition) is 3. The lowest BCUT2D eigenvalue weighted by Gasteiger charge is -2.06. The number of hydrogen-bond donors (Lipinski definition) is 1. The van der Waals surface area contributed by atoms with E-state index >= 15 is 0 Å². The van der Waals surface area contributed by atoms with Crippen LogP contribution in [0.15, 0.2) is 6.20 Å². The molecule has 2 N–H and O–H groups in total. The molecule has 0 amide bonds. The van der Waals surface area contributed by atoms with Gasteiger partial charge in [-0.1, -0.05) is 13.3 Å². The number of rotatable bonds is 5. The number of anilines is 1. The fourth-order valence-electron chi connectivity index (χ4n) is 1.71. The first-order valence-corrected chi connectivity index (χ1v) is 5.74. The Morgan fingerprint density at radius 3 is 2.75 bits per heavy atom. The van der Waals surface area contributed by atoms with Crippen LogP contribution in [0.4, 0.5) is 5.69 Å². The van der Waals surface area contributed by atoms with Gasteiger partial charge in [0.05, 0.1) is 12.3 Å². The summed E-state index contributed by atoms with van der Waals surface area (Å²) >= 11 is 0. The van der Waals surface area contributed by atoms with Crippen molar-refractivity contribution in [2.75, 3.05) is 12.3 Å². The molecular formula is C12H20N2O2. The highest BCUT2D eigenvalue weighted by Gasteiger charge is 2.18. The number of unbranched alkanes of at least 4 members (excludes halogenated alkanes) is 1. The molecule has 4 heteroatoms. The van der Waals surface area contributed by atoms with E-state index in [-0.39, 0.29) is 5.97 Å². The van der Waals surface area contributed by atoms with Gasteiger partial charge in [0.25, 0.3) is 0 Å². The number of aryl methyl sites for hydroxylation is 1. The van der Waals surface area contributed by atoms with E-state index in [0.717, 1.165) is 25.1 Å². The molecule has 0 unspecified atom stereocenters. The van der Waals surface area contributed by atoms with E-state index in [1.54, 1.807) is 6.92 Å². The van der Waals surface area contributed by atoms with E-state index in [4.69, 9.17) is 10.5 Å². The average Bonchev–Trinajstić information content (AvgIpc) is 2.51. The Morgan fingerprint density at radius 1 is 1.50 bits per heavy atom. The summed E-state index contributed by atoms with van der Waals surface area (Å²) < 4.78 is 6.99. The Kier molecular flexibility index (Phi) is 4.40. The Bertz CT molecular complexity index is 369. The largest absolute Gasteiger partial charge is 0.462 e. The summed E-state index contributed by atoms with van der Waals surface area (Å²) in [5, 5.41) is 0. The monoisotopic (exact) mass is 224 g/mol. The van der Waals surface area contributed by atoms with Crippen molar-refractivity contribution in [1.82, 2.24) is 4.57 Å². The number of ether oxygens (including phenoxy) is 1. The molecule has 0 aromatic carbocycles. The topological polar surface area (TPSA) is 57.2 Å². The second-order valence-electron chi connectivity index (χ2n) is 3.81. The summed E-state index contributed by atoms with van der Waals surface area (Å²) in [6.45, 7) is 7.09. The molecule has 0 aliphatic heterocycles. The van der Waals surface area contributed by atoms with Gasteiger partial charge in [0.2, 0.25) is 0 Å². The van der Waals surface area contributed by atoms with Crippen LogP contribution in [0, 0.1) is 6.92 Å². The number of esters is 1. The van der Waals surface area contributed by atoms with Crippen LogP contribution in [0.2, 0.25) is 0 Å². The van der Waals surface area contributed by atoms with E-state index in [1.807, 2.05) is 17.7 Å². The molecule has 1 heterocycles. The molecule has 4 nitrogen and oxygen atoms in total. The van der Waals surface area contributed by atoms with Crippen LogP contribution < -0.4 is 5.73 Å². The van der Waals surface area contributed by atoms with Crippen LogP contribution in [0.3, 0.4) is 0 Å². The van der Waals surface area contributed by atoms with Crippen molar-refractivity contribution in [3.63, 3.8) is 0 Å². The first-order valence-electron chi connectivity index (χ1n) is 5.74. The SMILES string of the molecule is CCCCn1cc(N)c(C(=O)OCC)c1C. The van der Waals surface area contributed by atoms with Crippen molar-refractivity contribution in [3.8, 4) is 0 Å². The van der Waals surface area contributed by atoms with Crippen LogP contribution in [0.5, 0.6) is 0 Å². The van der Waals surface area contributed by atoms with Gasteiger partial charge in [-0.3, -0.25) is 0 Å². The summed E-state index contributed by atoms with van der Waals surface area (Å²) in [6.07, 6.45) is 4.01. The lowest BCUT2D eigenvalue weighted by atomic mass is 10.2. The van der Waals surface area contributed by atoms with E-state index in [9.17, 15) is 4.79 Å². The van der Waals surface area contributed by atoms with Gasteiger partial charge in [-0.25, -0.2) is 4.79 Å². The molecule has 0 radical (unpaired) electrons. The molecule has 90 valence electrons. The number of nitrogen functional groups attached to an aromatic ring is 1. The molecule has 0 aliphatic rings. The molecule has 0 saturated carbocycles. The Labute approximate surface area is 96.4 Å². The average molecular weight is 224 g/mol. The normalized spacial score (nSPS) is 10.4. The van der Waals surface area contributed by atoms with Crippen molar-refractivity contribution in [2.45, 2.75) is 40.2 Å². The van der Waals surface area contributed by atoms with Gasteiger partial charge in [0.15, 0.2) is 0 Å². The third-order valence-electron chi connectivity index (χ3n) is 2.61. The molecule has 0 atom stereocenters. The van der Waals surface area contributed by atoms with E-state index in [0.29, 0.717) is 17.9 Å². The van der Waals surface area contributed by atoms with Crippen LogP contribution in [-0.2, 0) is 11.3 Å². The minimum Gasteiger partial charge on any atom is -0.462 e. The zero-order chi connectivity index (χ0) is 12.1. The Hall–Kier alpha value is -1.45. The number of carbonyl (C=O) groups excluding carboxylic acids is 1. The minimum atomic E-state index is -0.326. The first-order chi connectivity index (χ1) is 7.61. The quantitative estimate of drug-likeness (QED) is 0.781. The molecule has 1 aromatic rings. The fraction of sp³-hybridized carbons (Fsp3) is 0.583. The maximum absolute atomic E-state index is 11.7. The second-order valence-corrected chi connectivity index (χ2v) is 3.81. The van der Waals surface area contributed by atoms with Crippen molar-refractivity contribution in [1.29, 1.82) is 0 Å². The van der Waals surface area contributed by atoms with Gasteiger partial charge in [-0.15, -0.1) is 0 Å². The summed E-state index contributed by atoms with van der Waals surface area (Å²) in [4.78, 5) is 11.7. The molecule has 0 saturated heterocycles. The van der Waals surface area contributed by atoms with Crippen LogP contribution in [-0.4, -0.2) is 17.1 Å². The smallest absolute Gasteiger partial charge is 0.342 e. The maximum atomic E-state index is 11.7. The summed E-state index contributed by atoms with van der Waals surface area (Å²) in [7, 11) is 0. The molecule has 0 aliphatic carbocycles. The Morgan fingerprint density at radius 2 is 2.19 bits per heavy atom. The molecule has 16 heavy (non-hydrogen) atoms. The first kappa shape index (κ1) is 12.6. The zero-order valence-corrected chi connectivity index (χ0v) is 10.2. The molecule has 0 fully saturated rings. The van der Waals surface area contributed by atoms with Gasteiger partial charge >= 0.3 is 5.97 Å². The highest BCUT2D eigenvalue weighted by atomic mass is 16.5.